The van der Waals surface area contributed by atoms with E-state index in [1.54, 1.807) is 18.2 Å². The molecule has 1 aromatic carbocycles. The number of ether oxygens (including phenoxy) is 1. The number of carbonyl (C=O) groups is 1. The molecular formula is C11H11NO4S. The molecule has 1 aliphatic heterocycles. The summed E-state index contributed by atoms with van der Waals surface area (Å²) >= 11 is 0. The van der Waals surface area contributed by atoms with Crippen LogP contribution in [0.5, 0.6) is 0 Å². The van der Waals surface area contributed by atoms with Crippen molar-refractivity contribution >= 4 is 16.0 Å². The molecule has 1 aromatic rings. The maximum atomic E-state index is 11.8. The van der Waals surface area contributed by atoms with E-state index < -0.39 is 16.0 Å². The molecule has 2 rings (SSSR count). The zero-order valence-corrected chi connectivity index (χ0v) is 9.74. The van der Waals surface area contributed by atoms with Gasteiger partial charge in [0.05, 0.1) is 17.1 Å². The summed E-state index contributed by atoms with van der Waals surface area (Å²) in [5, 5.41) is 0. The van der Waals surface area contributed by atoms with Gasteiger partial charge in [0.2, 0.25) is 0 Å². The number of sulfonamides is 1. The first-order chi connectivity index (χ1) is 8.09. The Labute approximate surface area is 99.1 Å². The van der Waals surface area contributed by atoms with Crippen LogP contribution in [0.3, 0.4) is 0 Å². The van der Waals surface area contributed by atoms with Gasteiger partial charge in [-0.2, -0.15) is 0 Å². The molecule has 0 atom stereocenters. The molecule has 17 heavy (non-hydrogen) atoms. The van der Waals surface area contributed by atoms with Crippen LogP contribution in [0.4, 0.5) is 0 Å². The normalized spacial score (nSPS) is 18.1. The van der Waals surface area contributed by atoms with E-state index in [0.29, 0.717) is 18.6 Å². The van der Waals surface area contributed by atoms with Crippen LogP contribution in [0.15, 0.2) is 47.0 Å². The van der Waals surface area contributed by atoms with Gasteiger partial charge in [0.15, 0.2) is 0 Å². The summed E-state index contributed by atoms with van der Waals surface area (Å²) in [5.41, 5.74) is 0.338. The number of rotatable bonds is 3. The number of hydrogen-bond donors (Lipinski definition) is 1. The van der Waals surface area contributed by atoms with E-state index in [1.807, 2.05) is 0 Å². The Morgan fingerprint density at radius 3 is 2.53 bits per heavy atom. The average Bonchev–Trinajstić information content (AvgIpc) is 2.74. The van der Waals surface area contributed by atoms with E-state index in [-0.39, 0.29) is 4.90 Å². The summed E-state index contributed by atoms with van der Waals surface area (Å²) < 4.78 is 30.5. The van der Waals surface area contributed by atoms with Crippen molar-refractivity contribution in [1.29, 1.82) is 0 Å². The molecule has 0 spiro atoms. The molecule has 0 radical (unpaired) electrons. The first-order valence-corrected chi connectivity index (χ1v) is 6.51. The minimum Gasteiger partial charge on any atom is -0.462 e. The number of nitrogens with one attached hydrogen (secondary N) is 1. The highest BCUT2D eigenvalue weighted by Gasteiger charge is 2.20. The lowest BCUT2D eigenvalue weighted by molar-refractivity contribution is -0.135. The van der Waals surface area contributed by atoms with E-state index in [9.17, 15) is 13.2 Å². The molecule has 5 nitrogen and oxygen atoms in total. The van der Waals surface area contributed by atoms with Gasteiger partial charge in [0.1, 0.15) is 0 Å². The molecule has 1 aliphatic rings. The van der Waals surface area contributed by atoms with E-state index >= 15 is 0 Å². The monoisotopic (exact) mass is 253 g/mol. The van der Waals surface area contributed by atoms with Crippen molar-refractivity contribution < 1.29 is 17.9 Å². The first-order valence-electron chi connectivity index (χ1n) is 5.03. The van der Waals surface area contributed by atoms with Crippen molar-refractivity contribution in [2.45, 2.75) is 11.3 Å². The largest absolute Gasteiger partial charge is 0.462 e. The Morgan fingerprint density at radius 1 is 1.24 bits per heavy atom. The summed E-state index contributed by atoms with van der Waals surface area (Å²) in [5.74, 6) is -0.472. The molecule has 1 fully saturated rings. The van der Waals surface area contributed by atoms with Gasteiger partial charge in [-0.25, -0.2) is 13.2 Å². The predicted octanol–water partition coefficient (Wildman–Crippen LogP) is 0.796. The van der Waals surface area contributed by atoms with Crippen LogP contribution in [-0.2, 0) is 19.6 Å². The topological polar surface area (TPSA) is 72.5 Å². The van der Waals surface area contributed by atoms with Crippen molar-refractivity contribution in [2.24, 2.45) is 0 Å². The lowest BCUT2D eigenvalue weighted by Gasteiger charge is -2.03. The van der Waals surface area contributed by atoms with Crippen LogP contribution in [0.2, 0.25) is 0 Å². The molecule has 6 heteroatoms. The number of carbonyl (C=O) groups excluding carboxylic acids is 1. The molecule has 0 saturated carbocycles. The van der Waals surface area contributed by atoms with Crippen LogP contribution in [0.1, 0.15) is 6.42 Å². The molecule has 0 bridgehead atoms. The second kappa shape index (κ2) is 4.58. The fraction of sp³-hybridized carbons (Fsp3) is 0.182. The molecular weight excluding hydrogens is 242 g/mol. The second-order valence-corrected chi connectivity index (χ2v) is 5.20. The second-order valence-electron chi connectivity index (χ2n) is 3.49. The lowest BCUT2D eigenvalue weighted by atomic mass is 10.2. The molecule has 1 N–H and O–H groups in total. The molecule has 1 heterocycles. The summed E-state index contributed by atoms with van der Waals surface area (Å²) in [7, 11) is -3.61. The quantitative estimate of drug-likeness (QED) is 0.638. The van der Waals surface area contributed by atoms with Crippen molar-refractivity contribution in [3.05, 3.63) is 42.1 Å². The Balaban J connectivity index is 2.17. The summed E-state index contributed by atoms with van der Waals surface area (Å²) in [4.78, 5) is 11.3. The van der Waals surface area contributed by atoms with Crippen LogP contribution in [0, 0.1) is 0 Å². The van der Waals surface area contributed by atoms with Crippen LogP contribution in [0.25, 0.3) is 0 Å². The van der Waals surface area contributed by atoms with E-state index in [0.717, 1.165) is 0 Å². The van der Waals surface area contributed by atoms with Crippen LogP contribution in [-0.4, -0.2) is 21.0 Å². The van der Waals surface area contributed by atoms with Gasteiger partial charge in [0.25, 0.3) is 10.0 Å². The Kier molecular flexibility index (Phi) is 3.14. The number of esters is 1. The Hall–Kier alpha value is -1.82. The average molecular weight is 253 g/mol. The highest BCUT2D eigenvalue weighted by molar-refractivity contribution is 7.89. The predicted molar refractivity (Wildman–Crippen MR) is 60.4 cm³/mol. The third-order valence-corrected chi connectivity index (χ3v) is 3.63. The van der Waals surface area contributed by atoms with Crippen molar-refractivity contribution in [3.8, 4) is 0 Å². The SMILES string of the molecule is O=C1OCCC1=CNS(=O)(=O)c1ccccc1. The van der Waals surface area contributed by atoms with Gasteiger partial charge in [-0.3, -0.25) is 4.72 Å². The Morgan fingerprint density at radius 2 is 1.94 bits per heavy atom. The number of cyclic esters (lactones) is 1. The molecule has 0 aromatic heterocycles. The van der Waals surface area contributed by atoms with Crippen LogP contribution >= 0.6 is 0 Å². The third-order valence-electron chi connectivity index (χ3n) is 2.31. The maximum absolute atomic E-state index is 11.8. The highest BCUT2D eigenvalue weighted by atomic mass is 32.2. The van der Waals surface area contributed by atoms with Crippen LogP contribution < -0.4 is 4.72 Å². The van der Waals surface area contributed by atoms with Crippen molar-refractivity contribution in [1.82, 2.24) is 4.72 Å². The summed E-state index contributed by atoms with van der Waals surface area (Å²) in [6, 6.07) is 7.95. The summed E-state index contributed by atoms with van der Waals surface area (Å²) in [6.07, 6.45) is 1.62. The maximum Gasteiger partial charge on any atom is 0.335 e. The van der Waals surface area contributed by atoms with Crippen molar-refractivity contribution in [2.75, 3.05) is 6.61 Å². The van der Waals surface area contributed by atoms with E-state index in [2.05, 4.69) is 4.72 Å². The molecule has 90 valence electrons. The lowest BCUT2D eigenvalue weighted by Crippen LogP contribution is -2.19. The van der Waals surface area contributed by atoms with Gasteiger partial charge in [0, 0.05) is 12.6 Å². The zero-order valence-electron chi connectivity index (χ0n) is 8.92. The fourth-order valence-electron chi connectivity index (χ4n) is 1.40. The first kappa shape index (κ1) is 11.7. The number of hydrogen-bond acceptors (Lipinski definition) is 4. The van der Waals surface area contributed by atoms with E-state index in [1.165, 1.54) is 18.3 Å². The smallest absolute Gasteiger partial charge is 0.335 e. The van der Waals surface area contributed by atoms with Gasteiger partial charge < -0.3 is 4.74 Å². The summed E-state index contributed by atoms with van der Waals surface area (Å²) in [6.45, 7) is 0.303. The standard InChI is InChI=1S/C11H11NO4S/c13-11-9(6-7-16-11)8-12-17(14,15)10-4-2-1-3-5-10/h1-5,8,12H,6-7H2. The highest BCUT2D eigenvalue weighted by Crippen LogP contribution is 2.13. The minimum atomic E-state index is -3.61. The number of benzene rings is 1. The van der Waals surface area contributed by atoms with Gasteiger partial charge >= 0.3 is 5.97 Å². The van der Waals surface area contributed by atoms with Gasteiger partial charge in [-0.05, 0) is 12.1 Å². The third kappa shape index (κ3) is 2.65. The Bertz CT molecular complexity index is 548. The van der Waals surface area contributed by atoms with Crippen molar-refractivity contribution in [3.63, 3.8) is 0 Å². The molecule has 0 unspecified atom stereocenters. The zero-order chi connectivity index (χ0) is 12.3. The van der Waals surface area contributed by atoms with Gasteiger partial charge in [-0.1, -0.05) is 18.2 Å². The molecule has 0 amide bonds. The fourth-order valence-corrected chi connectivity index (χ4v) is 2.34. The van der Waals surface area contributed by atoms with E-state index in [4.69, 9.17) is 4.74 Å². The minimum absolute atomic E-state index is 0.156. The molecule has 0 aliphatic carbocycles. The van der Waals surface area contributed by atoms with Gasteiger partial charge in [-0.15, -0.1) is 0 Å². The molecule has 1 saturated heterocycles.